The van der Waals surface area contributed by atoms with E-state index in [1.807, 2.05) is 4.90 Å². The monoisotopic (exact) mass is 272 g/mol. The number of likely N-dealkylation sites (tertiary alicyclic amines) is 1. The molecule has 1 heterocycles. The molecule has 1 fully saturated rings. The SMILES string of the molecule is COCC1CCCN(C(=O)N(C)CCCC(=O)O)C1. The van der Waals surface area contributed by atoms with E-state index in [-0.39, 0.29) is 12.5 Å². The highest BCUT2D eigenvalue weighted by atomic mass is 16.5. The molecule has 6 nitrogen and oxygen atoms in total. The van der Waals surface area contributed by atoms with Crippen LogP contribution in [0.1, 0.15) is 25.7 Å². The molecular weight excluding hydrogens is 248 g/mol. The molecule has 0 aromatic heterocycles. The molecule has 1 aliphatic rings. The molecule has 1 unspecified atom stereocenters. The third kappa shape index (κ3) is 5.46. The Morgan fingerprint density at radius 3 is 2.84 bits per heavy atom. The Hall–Kier alpha value is -1.30. The van der Waals surface area contributed by atoms with Crippen molar-refractivity contribution < 1.29 is 19.4 Å². The van der Waals surface area contributed by atoms with Gasteiger partial charge in [-0.05, 0) is 19.3 Å². The Morgan fingerprint density at radius 2 is 2.21 bits per heavy atom. The van der Waals surface area contributed by atoms with Crippen molar-refractivity contribution in [2.75, 3.05) is 40.4 Å². The molecule has 0 aromatic rings. The molecule has 2 amide bonds. The van der Waals surface area contributed by atoms with Crippen LogP contribution in [0.3, 0.4) is 0 Å². The van der Waals surface area contributed by atoms with Gasteiger partial charge in [0.25, 0.3) is 0 Å². The predicted molar refractivity (Wildman–Crippen MR) is 71.1 cm³/mol. The number of amides is 2. The largest absolute Gasteiger partial charge is 0.481 e. The zero-order valence-corrected chi connectivity index (χ0v) is 11.8. The summed E-state index contributed by atoms with van der Waals surface area (Å²) >= 11 is 0. The highest BCUT2D eigenvalue weighted by Crippen LogP contribution is 2.17. The highest BCUT2D eigenvalue weighted by Gasteiger charge is 2.25. The summed E-state index contributed by atoms with van der Waals surface area (Å²) in [6.07, 6.45) is 2.69. The first-order valence-electron chi connectivity index (χ1n) is 6.75. The average molecular weight is 272 g/mol. The molecule has 6 heteroatoms. The molecule has 1 N–H and O–H groups in total. The van der Waals surface area contributed by atoms with Crippen LogP contribution in [0, 0.1) is 5.92 Å². The maximum Gasteiger partial charge on any atom is 0.319 e. The van der Waals surface area contributed by atoms with Crippen LogP contribution in [0.25, 0.3) is 0 Å². The molecule has 0 aliphatic carbocycles. The van der Waals surface area contributed by atoms with Gasteiger partial charge >= 0.3 is 12.0 Å². The quantitative estimate of drug-likeness (QED) is 0.790. The number of hydrogen-bond donors (Lipinski definition) is 1. The predicted octanol–water partition coefficient (Wildman–Crippen LogP) is 1.26. The first-order chi connectivity index (χ1) is 9.04. The van der Waals surface area contributed by atoms with Gasteiger partial charge in [0.1, 0.15) is 0 Å². The molecule has 0 aromatic carbocycles. The molecule has 1 aliphatic heterocycles. The van der Waals surface area contributed by atoms with Gasteiger partial charge in [0.05, 0.1) is 6.61 Å². The third-order valence-corrected chi connectivity index (χ3v) is 3.40. The van der Waals surface area contributed by atoms with Crippen molar-refractivity contribution >= 4 is 12.0 Å². The van der Waals surface area contributed by atoms with Gasteiger partial charge in [-0.1, -0.05) is 0 Å². The van der Waals surface area contributed by atoms with Crippen molar-refractivity contribution in [2.45, 2.75) is 25.7 Å². The van der Waals surface area contributed by atoms with Gasteiger partial charge in [-0.15, -0.1) is 0 Å². The summed E-state index contributed by atoms with van der Waals surface area (Å²) < 4.78 is 5.14. The summed E-state index contributed by atoms with van der Waals surface area (Å²) in [7, 11) is 3.41. The third-order valence-electron chi connectivity index (χ3n) is 3.40. The lowest BCUT2D eigenvalue weighted by Gasteiger charge is -2.35. The van der Waals surface area contributed by atoms with Gasteiger partial charge < -0.3 is 19.6 Å². The number of hydrogen-bond acceptors (Lipinski definition) is 3. The number of piperidine rings is 1. The number of nitrogens with zero attached hydrogens (tertiary/aromatic N) is 2. The molecule has 0 radical (unpaired) electrons. The Bertz CT molecular complexity index is 307. The van der Waals surface area contributed by atoms with Crippen LogP contribution in [-0.2, 0) is 9.53 Å². The lowest BCUT2D eigenvalue weighted by molar-refractivity contribution is -0.137. The summed E-state index contributed by atoms with van der Waals surface area (Å²) in [6, 6.07) is -0.00816. The van der Waals surface area contributed by atoms with Gasteiger partial charge in [0, 0.05) is 46.1 Å². The summed E-state index contributed by atoms with van der Waals surface area (Å²) in [5.74, 6) is -0.408. The Morgan fingerprint density at radius 1 is 1.47 bits per heavy atom. The summed E-state index contributed by atoms with van der Waals surface area (Å²) in [5, 5.41) is 8.58. The number of rotatable bonds is 6. The number of urea groups is 1. The van der Waals surface area contributed by atoms with Crippen molar-refractivity contribution in [3.8, 4) is 0 Å². The van der Waals surface area contributed by atoms with E-state index < -0.39 is 5.97 Å². The minimum absolute atomic E-state index is 0.00816. The highest BCUT2D eigenvalue weighted by molar-refractivity contribution is 5.74. The van der Waals surface area contributed by atoms with Crippen LogP contribution in [0.5, 0.6) is 0 Å². The minimum atomic E-state index is -0.820. The van der Waals surface area contributed by atoms with E-state index in [9.17, 15) is 9.59 Å². The fourth-order valence-corrected chi connectivity index (χ4v) is 2.42. The topological polar surface area (TPSA) is 70.1 Å². The van der Waals surface area contributed by atoms with Crippen LogP contribution in [-0.4, -0.2) is 67.3 Å². The smallest absolute Gasteiger partial charge is 0.319 e. The second-order valence-electron chi connectivity index (χ2n) is 5.11. The van der Waals surface area contributed by atoms with Crippen LogP contribution >= 0.6 is 0 Å². The van der Waals surface area contributed by atoms with Gasteiger partial charge in [0.2, 0.25) is 0 Å². The van der Waals surface area contributed by atoms with Gasteiger partial charge in [-0.25, -0.2) is 4.79 Å². The van der Waals surface area contributed by atoms with Crippen LogP contribution in [0.4, 0.5) is 4.79 Å². The van der Waals surface area contributed by atoms with Crippen LogP contribution < -0.4 is 0 Å². The first-order valence-corrected chi connectivity index (χ1v) is 6.75. The molecule has 1 atom stereocenters. The van der Waals surface area contributed by atoms with E-state index in [0.29, 0.717) is 25.5 Å². The zero-order chi connectivity index (χ0) is 14.3. The molecule has 1 saturated heterocycles. The number of carbonyl (C=O) groups is 2. The lowest BCUT2D eigenvalue weighted by Crippen LogP contribution is -2.47. The maximum absolute atomic E-state index is 12.2. The van der Waals surface area contributed by atoms with Gasteiger partial charge in [-0.3, -0.25) is 4.79 Å². The maximum atomic E-state index is 12.2. The molecule has 0 bridgehead atoms. The summed E-state index contributed by atoms with van der Waals surface area (Å²) in [6.45, 7) is 2.68. The molecule has 0 saturated carbocycles. The van der Waals surface area contributed by atoms with Crippen molar-refractivity contribution in [3.05, 3.63) is 0 Å². The second-order valence-corrected chi connectivity index (χ2v) is 5.11. The number of aliphatic carboxylic acids is 1. The lowest BCUT2D eigenvalue weighted by atomic mass is 9.99. The normalized spacial score (nSPS) is 19.3. The number of ether oxygens (including phenoxy) is 1. The van der Waals surface area contributed by atoms with E-state index in [2.05, 4.69) is 0 Å². The number of carboxylic acids is 1. The first kappa shape index (κ1) is 15.8. The van der Waals surface area contributed by atoms with Gasteiger partial charge in [-0.2, -0.15) is 0 Å². The van der Waals surface area contributed by atoms with E-state index in [1.54, 1.807) is 19.1 Å². The number of methoxy groups -OCH3 is 1. The molecule has 1 rings (SSSR count). The molecule has 19 heavy (non-hydrogen) atoms. The second kappa shape index (κ2) is 7.99. The van der Waals surface area contributed by atoms with Crippen LogP contribution in [0.15, 0.2) is 0 Å². The minimum Gasteiger partial charge on any atom is -0.481 e. The fraction of sp³-hybridized carbons (Fsp3) is 0.846. The van der Waals surface area contributed by atoms with Gasteiger partial charge in [0.15, 0.2) is 0 Å². The average Bonchev–Trinajstić information content (AvgIpc) is 2.38. The fourth-order valence-electron chi connectivity index (χ4n) is 2.42. The summed E-state index contributed by atoms with van der Waals surface area (Å²) in [4.78, 5) is 26.1. The van der Waals surface area contributed by atoms with Crippen molar-refractivity contribution in [3.63, 3.8) is 0 Å². The standard InChI is InChI=1S/C13H24N2O4/c1-14(7-4-6-12(16)17)13(18)15-8-3-5-11(9-15)10-19-2/h11H,3-10H2,1-2H3,(H,16,17). The van der Waals surface area contributed by atoms with Crippen LogP contribution in [0.2, 0.25) is 0 Å². The van der Waals surface area contributed by atoms with Crippen molar-refractivity contribution in [1.29, 1.82) is 0 Å². The number of carboxylic acid groups (broad SMARTS) is 1. The van der Waals surface area contributed by atoms with E-state index in [1.165, 1.54) is 0 Å². The summed E-state index contributed by atoms with van der Waals surface area (Å²) in [5.41, 5.74) is 0. The molecule has 110 valence electrons. The van der Waals surface area contributed by atoms with E-state index in [4.69, 9.17) is 9.84 Å². The van der Waals surface area contributed by atoms with E-state index >= 15 is 0 Å². The molecular formula is C13H24N2O4. The Kier molecular flexibility index (Phi) is 6.62. The van der Waals surface area contributed by atoms with E-state index in [0.717, 1.165) is 25.9 Å². The Labute approximate surface area is 114 Å². The molecule has 0 spiro atoms. The number of carbonyl (C=O) groups excluding carboxylic acids is 1. The van der Waals surface area contributed by atoms with Crippen molar-refractivity contribution in [1.82, 2.24) is 9.80 Å². The Balaban J connectivity index is 2.36. The van der Waals surface area contributed by atoms with Crippen molar-refractivity contribution in [2.24, 2.45) is 5.92 Å². The zero-order valence-electron chi connectivity index (χ0n) is 11.8.